The first-order valence-electron chi connectivity index (χ1n) is 5.40. The summed E-state index contributed by atoms with van der Waals surface area (Å²) in [6.07, 6.45) is 4.91. The Morgan fingerprint density at radius 3 is 2.74 bits per heavy atom. The van der Waals surface area contributed by atoms with Crippen molar-refractivity contribution in [2.24, 2.45) is 0 Å². The molecule has 1 amide bonds. The minimum absolute atomic E-state index is 0.142. The summed E-state index contributed by atoms with van der Waals surface area (Å²) < 4.78 is 0. The van der Waals surface area contributed by atoms with E-state index < -0.39 is 5.91 Å². The van der Waals surface area contributed by atoms with Crippen LogP contribution in [0, 0.1) is 6.92 Å². The molecule has 98 valence electrons. The zero-order chi connectivity index (χ0) is 13.8. The molecule has 5 nitrogen and oxygen atoms in total. The van der Waals surface area contributed by atoms with Gasteiger partial charge in [-0.1, -0.05) is 29.4 Å². The summed E-state index contributed by atoms with van der Waals surface area (Å²) in [5.74, 6) is 0.0510. The van der Waals surface area contributed by atoms with E-state index in [4.69, 9.17) is 11.6 Å². The van der Waals surface area contributed by atoms with Gasteiger partial charge in [0.2, 0.25) is 0 Å². The number of anilines is 1. The van der Waals surface area contributed by atoms with Crippen LogP contribution in [0.2, 0.25) is 5.02 Å². The molecule has 2 aromatic rings. The Hall–Kier alpha value is -1.66. The molecule has 0 aromatic carbocycles. The van der Waals surface area contributed by atoms with Gasteiger partial charge in [0.15, 0.2) is 10.9 Å². The van der Waals surface area contributed by atoms with Gasteiger partial charge in [-0.15, -0.1) is 0 Å². The monoisotopic (exact) mass is 294 g/mol. The van der Waals surface area contributed by atoms with Gasteiger partial charge in [0, 0.05) is 6.20 Å². The van der Waals surface area contributed by atoms with Gasteiger partial charge in [-0.25, -0.2) is 15.0 Å². The van der Waals surface area contributed by atoms with Crippen molar-refractivity contribution in [2.45, 2.75) is 12.1 Å². The highest BCUT2D eigenvalue weighted by Crippen LogP contribution is 2.17. The van der Waals surface area contributed by atoms with Crippen LogP contribution in [-0.4, -0.2) is 27.1 Å². The molecule has 0 aliphatic heterocycles. The molecule has 0 spiro atoms. The Bertz CT molecular complexity index is 603. The number of hydrogen-bond donors (Lipinski definition) is 1. The summed E-state index contributed by atoms with van der Waals surface area (Å²) in [5, 5.41) is 3.35. The molecule has 0 atom stereocenters. The maximum Gasteiger partial charge on any atom is 0.277 e. The minimum atomic E-state index is -0.404. The molecule has 0 aliphatic carbocycles. The number of nitrogens with zero attached hydrogens (tertiary/aromatic N) is 3. The lowest BCUT2D eigenvalue weighted by Crippen LogP contribution is -2.16. The van der Waals surface area contributed by atoms with Crippen molar-refractivity contribution in [3.63, 3.8) is 0 Å². The maximum absolute atomic E-state index is 12.1. The molecule has 0 unspecified atom stereocenters. The Labute approximate surface area is 119 Å². The first-order chi connectivity index (χ1) is 9.10. The first-order valence-corrected chi connectivity index (χ1v) is 7.01. The van der Waals surface area contributed by atoms with Gasteiger partial charge in [-0.3, -0.25) is 4.79 Å². The third kappa shape index (κ3) is 3.42. The van der Waals surface area contributed by atoms with Crippen LogP contribution in [0.25, 0.3) is 0 Å². The van der Waals surface area contributed by atoms with Gasteiger partial charge < -0.3 is 5.32 Å². The molecule has 0 saturated heterocycles. The number of pyridine rings is 1. The number of aromatic nitrogens is 3. The quantitative estimate of drug-likeness (QED) is 0.696. The van der Waals surface area contributed by atoms with E-state index in [1.54, 1.807) is 12.3 Å². The van der Waals surface area contributed by atoms with E-state index in [2.05, 4.69) is 20.3 Å². The number of carbonyl (C=O) groups is 1. The van der Waals surface area contributed by atoms with Crippen molar-refractivity contribution >= 4 is 35.1 Å². The number of rotatable bonds is 3. The topological polar surface area (TPSA) is 67.8 Å². The molecule has 0 radical (unpaired) electrons. The Balaban J connectivity index is 2.22. The van der Waals surface area contributed by atoms with E-state index in [0.29, 0.717) is 11.0 Å². The summed E-state index contributed by atoms with van der Waals surface area (Å²) in [5.41, 5.74) is 1.16. The number of thioether (sulfide) groups is 1. The van der Waals surface area contributed by atoms with Gasteiger partial charge in [0.05, 0.1) is 11.2 Å². The summed E-state index contributed by atoms with van der Waals surface area (Å²) in [4.78, 5) is 24.2. The number of halogens is 1. The van der Waals surface area contributed by atoms with Gasteiger partial charge in [-0.05, 0) is 24.8 Å². The van der Waals surface area contributed by atoms with Crippen molar-refractivity contribution in [2.75, 3.05) is 11.6 Å². The normalized spacial score (nSPS) is 10.3. The average molecular weight is 295 g/mol. The standard InChI is InChI=1S/C12H11ClN4OS/c1-7-3-4-9(14-5-7)16-11(18)10-8(13)6-15-12(17-10)19-2/h3-6H,1-2H3,(H,14,16,18). The number of hydrogen-bond acceptors (Lipinski definition) is 5. The van der Waals surface area contributed by atoms with Crippen molar-refractivity contribution in [3.8, 4) is 0 Å². The van der Waals surface area contributed by atoms with Crippen LogP contribution in [0.4, 0.5) is 5.82 Å². The lowest BCUT2D eigenvalue weighted by molar-refractivity contribution is 0.102. The van der Waals surface area contributed by atoms with E-state index in [9.17, 15) is 4.79 Å². The van der Waals surface area contributed by atoms with E-state index in [1.165, 1.54) is 18.0 Å². The number of carbonyl (C=O) groups excluding carboxylic acids is 1. The van der Waals surface area contributed by atoms with Crippen LogP contribution in [0.15, 0.2) is 29.7 Å². The fraction of sp³-hybridized carbons (Fsp3) is 0.167. The molecule has 2 rings (SSSR count). The third-order valence-electron chi connectivity index (χ3n) is 2.27. The molecule has 0 bridgehead atoms. The minimum Gasteiger partial charge on any atom is -0.305 e. The largest absolute Gasteiger partial charge is 0.305 e. The average Bonchev–Trinajstić information content (AvgIpc) is 2.42. The molecule has 2 heterocycles. The van der Waals surface area contributed by atoms with Gasteiger partial charge in [0.1, 0.15) is 5.82 Å². The number of amides is 1. The van der Waals surface area contributed by atoms with Crippen molar-refractivity contribution in [3.05, 3.63) is 40.8 Å². The highest BCUT2D eigenvalue weighted by molar-refractivity contribution is 7.98. The lowest BCUT2D eigenvalue weighted by Gasteiger charge is -2.06. The third-order valence-corrected chi connectivity index (χ3v) is 3.11. The number of aryl methyl sites for hydroxylation is 1. The Kier molecular flexibility index (Phi) is 4.34. The van der Waals surface area contributed by atoms with E-state index in [1.807, 2.05) is 19.2 Å². The fourth-order valence-electron chi connectivity index (χ4n) is 1.33. The second kappa shape index (κ2) is 5.99. The molecule has 0 saturated carbocycles. The SMILES string of the molecule is CSc1ncc(Cl)c(C(=O)Nc2ccc(C)cn2)n1. The van der Waals surface area contributed by atoms with Crippen molar-refractivity contribution < 1.29 is 4.79 Å². The predicted octanol–water partition coefficient (Wildman–Crippen LogP) is 2.81. The van der Waals surface area contributed by atoms with Gasteiger partial charge in [0.25, 0.3) is 5.91 Å². The molecule has 0 fully saturated rings. The zero-order valence-electron chi connectivity index (χ0n) is 10.3. The van der Waals surface area contributed by atoms with Crippen LogP contribution in [0.3, 0.4) is 0 Å². The van der Waals surface area contributed by atoms with E-state index >= 15 is 0 Å². The highest BCUT2D eigenvalue weighted by Gasteiger charge is 2.14. The van der Waals surface area contributed by atoms with Gasteiger partial charge in [-0.2, -0.15) is 0 Å². The van der Waals surface area contributed by atoms with E-state index in [0.717, 1.165) is 5.56 Å². The molecular weight excluding hydrogens is 284 g/mol. The molecule has 1 N–H and O–H groups in total. The van der Waals surface area contributed by atoms with Crippen LogP contribution in [0.5, 0.6) is 0 Å². The molecule has 19 heavy (non-hydrogen) atoms. The summed E-state index contributed by atoms with van der Waals surface area (Å²) in [7, 11) is 0. The van der Waals surface area contributed by atoms with Crippen LogP contribution >= 0.6 is 23.4 Å². The summed E-state index contributed by atoms with van der Waals surface area (Å²) in [6.45, 7) is 1.92. The Morgan fingerprint density at radius 1 is 1.32 bits per heavy atom. The van der Waals surface area contributed by atoms with E-state index in [-0.39, 0.29) is 10.7 Å². The Morgan fingerprint density at radius 2 is 2.11 bits per heavy atom. The summed E-state index contributed by atoms with van der Waals surface area (Å²) in [6, 6.07) is 3.58. The molecule has 2 aromatic heterocycles. The second-order valence-electron chi connectivity index (χ2n) is 3.73. The molecular formula is C12H11ClN4OS. The number of nitrogens with one attached hydrogen (secondary N) is 1. The van der Waals surface area contributed by atoms with Crippen LogP contribution in [0.1, 0.15) is 16.1 Å². The van der Waals surface area contributed by atoms with Crippen molar-refractivity contribution in [1.82, 2.24) is 15.0 Å². The molecule has 0 aliphatic rings. The smallest absolute Gasteiger partial charge is 0.277 e. The molecule has 7 heteroatoms. The zero-order valence-corrected chi connectivity index (χ0v) is 11.9. The van der Waals surface area contributed by atoms with Crippen molar-refractivity contribution in [1.29, 1.82) is 0 Å². The second-order valence-corrected chi connectivity index (χ2v) is 4.91. The predicted molar refractivity (Wildman–Crippen MR) is 75.8 cm³/mol. The lowest BCUT2D eigenvalue weighted by atomic mass is 10.3. The maximum atomic E-state index is 12.1. The first kappa shape index (κ1) is 13.8. The van der Waals surface area contributed by atoms with Gasteiger partial charge >= 0.3 is 0 Å². The van der Waals surface area contributed by atoms with Crippen LogP contribution < -0.4 is 5.32 Å². The fourth-order valence-corrected chi connectivity index (χ4v) is 1.84. The summed E-state index contributed by atoms with van der Waals surface area (Å²) >= 11 is 7.26. The highest BCUT2D eigenvalue weighted by atomic mass is 35.5. The van der Waals surface area contributed by atoms with Crippen LogP contribution in [-0.2, 0) is 0 Å².